The molecule has 0 amide bonds. The van der Waals surface area contributed by atoms with E-state index in [9.17, 15) is 10.0 Å². The quantitative estimate of drug-likeness (QED) is 0.271. The number of aromatic hydroxyl groups is 1. The summed E-state index contributed by atoms with van der Waals surface area (Å²) in [6.45, 7) is 0. The van der Waals surface area contributed by atoms with E-state index in [2.05, 4.69) is 69.6 Å². The fraction of sp³-hybridized carbons (Fsp3) is 0.143. The summed E-state index contributed by atoms with van der Waals surface area (Å²) in [6, 6.07) is 25.9. The first kappa shape index (κ1) is 22.1. The van der Waals surface area contributed by atoms with Crippen LogP contribution in [0.15, 0.2) is 84.0 Å². The Labute approximate surface area is 194 Å². The van der Waals surface area contributed by atoms with Crippen molar-refractivity contribution in [1.29, 1.82) is 0 Å². The largest absolute Gasteiger partial charge is 0.506 e. The lowest BCUT2D eigenvalue weighted by Gasteiger charge is -2.16. The van der Waals surface area contributed by atoms with Gasteiger partial charge in [0.1, 0.15) is 5.75 Å². The summed E-state index contributed by atoms with van der Waals surface area (Å²) in [5.74, 6) is -0.125. The number of hydrogen-bond acceptors (Lipinski definition) is 5. The van der Waals surface area contributed by atoms with Crippen molar-refractivity contribution in [3.05, 3.63) is 100 Å². The molecule has 33 heavy (non-hydrogen) atoms. The van der Waals surface area contributed by atoms with Gasteiger partial charge in [-0.1, -0.05) is 48.5 Å². The summed E-state index contributed by atoms with van der Waals surface area (Å²) >= 11 is 0. The molecule has 166 valence electrons. The van der Waals surface area contributed by atoms with Crippen molar-refractivity contribution >= 4 is 39.5 Å². The zero-order valence-electron chi connectivity index (χ0n) is 19.3. The van der Waals surface area contributed by atoms with Crippen LogP contribution >= 0.6 is 0 Å². The SMILES string of the molecule is CN(C)c1ccc(C(=Cc2cc(O)c(N=O)c3ccccc23)c2ccc(N(C)C)cc2)cc1. The molecule has 0 aliphatic heterocycles. The van der Waals surface area contributed by atoms with Crippen LogP contribution in [-0.2, 0) is 0 Å². The fourth-order valence-corrected chi connectivity index (χ4v) is 3.96. The molecular formula is C28H27N3O2. The number of phenols is 1. The van der Waals surface area contributed by atoms with E-state index in [1.165, 1.54) is 0 Å². The Kier molecular flexibility index (Phi) is 6.13. The third kappa shape index (κ3) is 4.44. The molecule has 0 unspecified atom stereocenters. The van der Waals surface area contributed by atoms with Gasteiger partial charge in [-0.2, -0.15) is 0 Å². The summed E-state index contributed by atoms with van der Waals surface area (Å²) < 4.78 is 0. The number of fused-ring (bicyclic) bond motifs is 1. The third-order valence-corrected chi connectivity index (χ3v) is 5.81. The highest BCUT2D eigenvalue weighted by Crippen LogP contribution is 2.39. The lowest BCUT2D eigenvalue weighted by atomic mass is 9.93. The van der Waals surface area contributed by atoms with Crippen LogP contribution in [0.4, 0.5) is 17.1 Å². The summed E-state index contributed by atoms with van der Waals surface area (Å²) in [6.07, 6.45) is 2.06. The van der Waals surface area contributed by atoms with Gasteiger partial charge in [0.05, 0.1) is 0 Å². The van der Waals surface area contributed by atoms with Crippen molar-refractivity contribution in [2.75, 3.05) is 38.0 Å². The van der Waals surface area contributed by atoms with Crippen molar-refractivity contribution in [2.24, 2.45) is 5.18 Å². The molecule has 5 nitrogen and oxygen atoms in total. The predicted molar refractivity (Wildman–Crippen MR) is 140 cm³/mol. The van der Waals surface area contributed by atoms with Gasteiger partial charge in [-0.25, -0.2) is 0 Å². The number of anilines is 2. The Morgan fingerprint density at radius 2 is 1.24 bits per heavy atom. The zero-order chi connectivity index (χ0) is 23.5. The monoisotopic (exact) mass is 437 g/mol. The van der Waals surface area contributed by atoms with E-state index in [0.29, 0.717) is 5.39 Å². The average molecular weight is 438 g/mol. The fourth-order valence-electron chi connectivity index (χ4n) is 3.96. The molecular weight excluding hydrogens is 410 g/mol. The van der Waals surface area contributed by atoms with Crippen LogP contribution in [0.5, 0.6) is 5.75 Å². The Balaban J connectivity index is 1.94. The van der Waals surface area contributed by atoms with Gasteiger partial charge in [-0.15, -0.1) is 4.91 Å². The predicted octanol–water partition coefficient (Wildman–Crippen LogP) is 6.66. The second-order valence-electron chi connectivity index (χ2n) is 8.41. The molecule has 0 fully saturated rings. The summed E-state index contributed by atoms with van der Waals surface area (Å²) in [5.41, 5.74) is 6.24. The van der Waals surface area contributed by atoms with Gasteiger partial charge in [-0.3, -0.25) is 0 Å². The third-order valence-electron chi connectivity index (χ3n) is 5.81. The highest BCUT2D eigenvalue weighted by Gasteiger charge is 2.13. The molecule has 0 bridgehead atoms. The van der Waals surface area contributed by atoms with Crippen molar-refractivity contribution in [3.8, 4) is 5.75 Å². The van der Waals surface area contributed by atoms with Crippen molar-refractivity contribution in [3.63, 3.8) is 0 Å². The van der Waals surface area contributed by atoms with Crippen LogP contribution in [0.3, 0.4) is 0 Å². The number of phenolic OH excluding ortho intramolecular Hbond substituents is 1. The molecule has 0 heterocycles. The van der Waals surface area contributed by atoms with E-state index in [1.54, 1.807) is 12.1 Å². The van der Waals surface area contributed by atoms with E-state index in [-0.39, 0.29) is 11.4 Å². The second kappa shape index (κ2) is 9.17. The van der Waals surface area contributed by atoms with E-state index in [0.717, 1.165) is 39.0 Å². The van der Waals surface area contributed by atoms with Gasteiger partial charge >= 0.3 is 0 Å². The standard InChI is InChI=1S/C28H27N3O2/c1-30(2)22-13-9-19(10-14-22)26(20-11-15-23(16-12-20)31(3)4)17-21-18-27(32)28(29-33)25-8-6-5-7-24(21)25/h5-18,32H,1-4H3. The highest BCUT2D eigenvalue weighted by molar-refractivity contribution is 6.04. The van der Waals surface area contributed by atoms with Gasteiger partial charge in [-0.05, 0) is 69.2 Å². The van der Waals surface area contributed by atoms with Crippen molar-refractivity contribution in [2.45, 2.75) is 0 Å². The summed E-state index contributed by atoms with van der Waals surface area (Å²) in [4.78, 5) is 15.5. The van der Waals surface area contributed by atoms with Gasteiger partial charge < -0.3 is 14.9 Å². The number of rotatable bonds is 6. The Hall–Kier alpha value is -4.12. The van der Waals surface area contributed by atoms with Crippen LogP contribution in [-0.4, -0.2) is 33.3 Å². The molecule has 0 spiro atoms. The van der Waals surface area contributed by atoms with Crippen LogP contribution < -0.4 is 9.80 Å². The van der Waals surface area contributed by atoms with Gasteiger partial charge in [0.2, 0.25) is 0 Å². The number of nitrogens with zero attached hydrogens (tertiary/aromatic N) is 3. The van der Waals surface area contributed by atoms with E-state index in [1.807, 2.05) is 46.4 Å². The van der Waals surface area contributed by atoms with Crippen LogP contribution in [0.1, 0.15) is 16.7 Å². The maximum atomic E-state index is 11.4. The smallest absolute Gasteiger partial charge is 0.157 e. The van der Waals surface area contributed by atoms with Crippen LogP contribution in [0.25, 0.3) is 22.4 Å². The van der Waals surface area contributed by atoms with E-state index < -0.39 is 0 Å². The van der Waals surface area contributed by atoms with Crippen LogP contribution in [0.2, 0.25) is 0 Å². The highest BCUT2D eigenvalue weighted by atomic mass is 16.3. The summed E-state index contributed by atoms with van der Waals surface area (Å²) in [5, 5.41) is 15.0. The van der Waals surface area contributed by atoms with Gasteiger partial charge in [0, 0.05) is 45.0 Å². The molecule has 0 radical (unpaired) electrons. The molecule has 0 aromatic heterocycles. The van der Waals surface area contributed by atoms with Crippen LogP contribution in [0, 0.1) is 4.91 Å². The maximum Gasteiger partial charge on any atom is 0.157 e. The average Bonchev–Trinajstić information content (AvgIpc) is 2.82. The first-order chi connectivity index (χ1) is 15.9. The topological polar surface area (TPSA) is 56.1 Å². The normalized spacial score (nSPS) is 10.7. The van der Waals surface area contributed by atoms with E-state index >= 15 is 0 Å². The Morgan fingerprint density at radius 3 is 1.70 bits per heavy atom. The number of benzene rings is 4. The van der Waals surface area contributed by atoms with Gasteiger partial charge in [0.15, 0.2) is 5.69 Å². The lowest BCUT2D eigenvalue weighted by molar-refractivity contribution is 0.477. The molecule has 4 aromatic rings. The Morgan fingerprint density at radius 1 is 0.758 bits per heavy atom. The first-order valence-corrected chi connectivity index (χ1v) is 10.7. The minimum absolute atomic E-state index is 0.0648. The molecule has 0 atom stereocenters. The van der Waals surface area contributed by atoms with Crippen molar-refractivity contribution < 1.29 is 5.11 Å². The molecule has 1 N–H and O–H groups in total. The second-order valence-corrected chi connectivity index (χ2v) is 8.41. The minimum atomic E-state index is -0.125. The number of hydrogen-bond donors (Lipinski definition) is 1. The molecule has 4 rings (SSSR count). The Bertz CT molecular complexity index is 1270. The molecule has 0 aliphatic carbocycles. The molecule has 0 saturated heterocycles. The molecule has 0 saturated carbocycles. The molecule has 4 aromatic carbocycles. The minimum Gasteiger partial charge on any atom is -0.506 e. The van der Waals surface area contributed by atoms with E-state index in [4.69, 9.17) is 0 Å². The first-order valence-electron chi connectivity index (χ1n) is 10.7. The molecule has 0 aliphatic rings. The maximum absolute atomic E-state index is 11.4. The van der Waals surface area contributed by atoms with Crippen molar-refractivity contribution in [1.82, 2.24) is 0 Å². The van der Waals surface area contributed by atoms with Gasteiger partial charge in [0.25, 0.3) is 0 Å². The zero-order valence-corrected chi connectivity index (χ0v) is 19.3. The molecule has 5 heteroatoms. The lowest BCUT2D eigenvalue weighted by Crippen LogP contribution is -2.08. The number of nitroso groups, excluding NO2 is 1. The summed E-state index contributed by atoms with van der Waals surface area (Å²) in [7, 11) is 8.07.